The lowest BCUT2D eigenvalue weighted by atomic mass is 9.99. The highest BCUT2D eigenvalue weighted by atomic mass is 35.5. The number of hydrogen-bond donors (Lipinski definition) is 1. The van der Waals surface area contributed by atoms with Crippen LogP contribution in [0.1, 0.15) is 38.2 Å². The minimum atomic E-state index is 0.447. The number of hydrogen-bond acceptors (Lipinski definition) is 2. The third kappa shape index (κ3) is 2.92. The molecule has 0 aliphatic heterocycles. The average molecular weight is 249 g/mol. The van der Waals surface area contributed by atoms with Crippen LogP contribution < -0.4 is 5.32 Å². The highest BCUT2D eigenvalue weighted by Gasteiger charge is 2.21. The maximum absolute atomic E-state index is 8.78. The minimum Gasteiger partial charge on any atom is -0.381 e. The Labute approximate surface area is 108 Å². The van der Waals surface area contributed by atoms with Gasteiger partial charge in [-0.2, -0.15) is 5.26 Å². The molecule has 0 heterocycles. The predicted molar refractivity (Wildman–Crippen MR) is 71.2 cm³/mol. The number of benzene rings is 1. The van der Waals surface area contributed by atoms with Crippen LogP contribution in [-0.2, 0) is 0 Å². The first-order valence-electron chi connectivity index (χ1n) is 6.17. The number of nitriles is 1. The Bertz CT molecular complexity index is 430. The van der Waals surface area contributed by atoms with Crippen molar-refractivity contribution in [2.75, 3.05) is 5.32 Å². The Balaban J connectivity index is 2.05. The second-order valence-corrected chi connectivity index (χ2v) is 5.19. The van der Waals surface area contributed by atoms with E-state index in [0.29, 0.717) is 16.6 Å². The molecular formula is C14H17ClN2. The summed E-state index contributed by atoms with van der Waals surface area (Å²) in [4.78, 5) is 0. The molecule has 0 bridgehead atoms. The summed E-state index contributed by atoms with van der Waals surface area (Å²) in [5.41, 5.74) is 1.54. The van der Waals surface area contributed by atoms with Crippen molar-refractivity contribution in [1.82, 2.24) is 0 Å². The van der Waals surface area contributed by atoms with E-state index >= 15 is 0 Å². The van der Waals surface area contributed by atoms with Gasteiger partial charge in [-0.1, -0.05) is 24.4 Å². The van der Waals surface area contributed by atoms with Crippen molar-refractivity contribution >= 4 is 17.3 Å². The molecule has 1 atom stereocenters. The van der Waals surface area contributed by atoms with Crippen molar-refractivity contribution in [2.45, 2.75) is 38.6 Å². The fourth-order valence-corrected chi connectivity index (χ4v) is 2.76. The number of anilines is 1. The van der Waals surface area contributed by atoms with Crippen LogP contribution in [0.5, 0.6) is 0 Å². The number of nitrogens with zero attached hydrogens (tertiary/aromatic N) is 1. The molecule has 1 aromatic carbocycles. The van der Waals surface area contributed by atoms with Gasteiger partial charge in [0.15, 0.2) is 0 Å². The van der Waals surface area contributed by atoms with Gasteiger partial charge in [-0.05, 0) is 43.9 Å². The smallest absolute Gasteiger partial charge is 0.0992 e. The van der Waals surface area contributed by atoms with Gasteiger partial charge < -0.3 is 5.32 Å². The summed E-state index contributed by atoms with van der Waals surface area (Å²) in [6, 6.07) is 7.95. The van der Waals surface area contributed by atoms with Gasteiger partial charge in [-0.15, -0.1) is 0 Å². The first kappa shape index (κ1) is 12.3. The lowest BCUT2D eigenvalue weighted by Gasteiger charge is -2.22. The average Bonchev–Trinajstić information content (AvgIpc) is 2.85. The quantitative estimate of drug-likeness (QED) is 0.870. The Morgan fingerprint density at radius 3 is 2.71 bits per heavy atom. The van der Waals surface area contributed by atoms with E-state index in [0.717, 1.165) is 11.6 Å². The largest absolute Gasteiger partial charge is 0.381 e. The third-order valence-corrected chi connectivity index (χ3v) is 3.90. The van der Waals surface area contributed by atoms with Crippen LogP contribution in [-0.4, -0.2) is 6.04 Å². The van der Waals surface area contributed by atoms with E-state index in [4.69, 9.17) is 16.9 Å². The van der Waals surface area contributed by atoms with Gasteiger partial charge in [0.2, 0.25) is 0 Å². The molecule has 90 valence electrons. The standard InChI is InChI=1S/C14H17ClN2/c1-10(12-4-2-3-5-12)17-14-7-6-11(9-16)8-13(14)15/h6-8,10,12,17H,2-5H2,1H3. The van der Waals surface area contributed by atoms with E-state index < -0.39 is 0 Å². The summed E-state index contributed by atoms with van der Waals surface area (Å²) in [6.07, 6.45) is 5.31. The van der Waals surface area contributed by atoms with Crippen molar-refractivity contribution in [2.24, 2.45) is 5.92 Å². The number of nitrogens with one attached hydrogen (secondary N) is 1. The molecule has 0 saturated heterocycles. The normalized spacial score (nSPS) is 17.7. The molecule has 1 unspecified atom stereocenters. The monoisotopic (exact) mass is 248 g/mol. The van der Waals surface area contributed by atoms with Crippen molar-refractivity contribution in [3.05, 3.63) is 28.8 Å². The molecule has 1 aliphatic carbocycles. The van der Waals surface area contributed by atoms with Crippen molar-refractivity contribution in [1.29, 1.82) is 5.26 Å². The molecule has 0 spiro atoms. The van der Waals surface area contributed by atoms with Gasteiger partial charge in [-0.3, -0.25) is 0 Å². The van der Waals surface area contributed by atoms with E-state index in [1.54, 1.807) is 12.1 Å². The van der Waals surface area contributed by atoms with Crippen LogP contribution in [0.15, 0.2) is 18.2 Å². The molecule has 0 aromatic heterocycles. The molecular weight excluding hydrogens is 232 g/mol. The molecule has 2 nitrogen and oxygen atoms in total. The summed E-state index contributed by atoms with van der Waals surface area (Å²) in [5, 5.41) is 12.9. The Morgan fingerprint density at radius 1 is 1.41 bits per heavy atom. The molecule has 0 amide bonds. The molecule has 17 heavy (non-hydrogen) atoms. The third-order valence-electron chi connectivity index (χ3n) is 3.59. The molecule has 0 radical (unpaired) electrons. The fraction of sp³-hybridized carbons (Fsp3) is 0.500. The fourth-order valence-electron chi connectivity index (χ4n) is 2.52. The summed E-state index contributed by atoms with van der Waals surface area (Å²) in [6.45, 7) is 2.21. The zero-order chi connectivity index (χ0) is 12.3. The summed E-state index contributed by atoms with van der Waals surface area (Å²) in [7, 11) is 0. The van der Waals surface area contributed by atoms with E-state index in [9.17, 15) is 0 Å². The molecule has 1 aliphatic rings. The van der Waals surface area contributed by atoms with Crippen LogP contribution in [0.4, 0.5) is 5.69 Å². The van der Waals surface area contributed by atoms with Gasteiger partial charge in [0, 0.05) is 6.04 Å². The van der Waals surface area contributed by atoms with E-state index in [1.165, 1.54) is 25.7 Å². The summed E-state index contributed by atoms with van der Waals surface area (Å²) < 4.78 is 0. The van der Waals surface area contributed by atoms with E-state index in [2.05, 4.69) is 18.3 Å². The minimum absolute atomic E-state index is 0.447. The van der Waals surface area contributed by atoms with Gasteiger partial charge in [-0.25, -0.2) is 0 Å². The predicted octanol–water partition coefficient (Wildman–Crippen LogP) is 4.20. The van der Waals surface area contributed by atoms with Crippen LogP contribution in [0, 0.1) is 17.2 Å². The lowest BCUT2D eigenvalue weighted by Crippen LogP contribution is -2.23. The summed E-state index contributed by atoms with van der Waals surface area (Å²) in [5.74, 6) is 0.752. The van der Waals surface area contributed by atoms with Crippen molar-refractivity contribution < 1.29 is 0 Å². The van der Waals surface area contributed by atoms with Crippen LogP contribution >= 0.6 is 11.6 Å². The molecule has 2 rings (SSSR count). The van der Waals surface area contributed by atoms with Gasteiger partial charge >= 0.3 is 0 Å². The molecule has 3 heteroatoms. The maximum Gasteiger partial charge on any atom is 0.0992 e. The maximum atomic E-state index is 8.78. The zero-order valence-electron chi connectivity index (χ0n) is 10.0. The first-order chi connectivity index (χ1) is 8.20. The SMILES string of the molecule is CC(Nc1ccc(C#N)cc1Cl)C1CCCC1. The van der Waals surface area contributed by atoms with Crippen LogP contribution in [0.25, 0.3) is 0 Å². The topological polar surface area (TPSA) is 35.8 Å². The lowest BCUT2D eigenvalue weighted by molar-refractivity contribution is 0.482. The van der Waals surface area contributed by atoms with Gasteiger partial charge in [0.1, 0.15) is 0 Å². The zero-order valence-corrected chi connectivity index (χ0v) is 10.8. The van der Waals surface area contributed by atoms with Gasteiger partial charge in [0.05, 0.1) is 22.3 Å². The highest BCUT2D eigenvalue weighted by Crippen LogP contribution is 2.31. The second kappa shape index (κ2) is 5.42. The summed E-state index contributed by atoms with van der Waals surface area (Å²) >= 11 is 6.15. The molecule has 1 N–H and O–H groups in total. The molecule has 1 fully saturated rings. The van der Waals surface area contributed by atoms with Crippen LogP contribution in [0.3, 0.4) is 0 Å². The van der Waals surface area contributed by atoms with Gasteiger partial charge in [0.25, 0.3) is 0 Å². The molecule has 1 aromatic rings. The highest BCUT2D eigenvalue weighted by molar-refractivity contribution is 6.33. The second-order valence-electron chi connectivity index (χ2n) is 4.78. The van der Waals surface area contributed by atoms with Crippen molar-refractivity contribution in [3.8, 4) is 6.07 Å². The first-order valence-corrected chi connectivity index (χ1v) is 6.54. The Kier molecular flexibility index (Phi) is 3.91. The molecule has 1 saturated carbocycles. The van der Waals surface area contributed by atoms with E-state index in [1.807, 2.05) is 6.07 Å². The Morgan fingerprint density at radius 2 is 2.12 bits per heavy atom. The van der Waals surface area contributed by atoms with E-state index in [-0.39, 0.29) is 0 Å². The van der Waals surface area contributed by atoms with Crippen molar-refractivity contribution in [3.63, 3.8) is 0 Å². The number of halogens is 1. The Hall–Kier alpha value is -1.20. The van der Waals surface area contributed by atoms with Crippen LogP contribution in [0.2, 0.25) is 5.02 Å². The number of rotatable bonds is 3.